The second kappa shape index (κ2) is 5.84. The van der Waals surface area contributed by atoms with Gasteiger partial charge in [-0.05, 0) is 43.2 Å². The van der Waals surface area contributed by atoms with E-state index in [-0.39, 0.29) is 11.9 Å². The Morgan fingerprint density at radius 2 is 2.24 bits per heavy atom. The number of ether oxygens (including phenoxy) is 1. The highest BCUT2D eigenvalue weighted by Crippen LogP contribution is 2.37. The molecule has 1 amide bonds. The lowest BCUT2D eigenvalue weighted by molar-refractivity contribution is -0.148. The monoisotopic (exact) mass is 288 g/mol. The molecule has 0 N–H and O–H groups in total. The van der Waals surface area contributed by atoms with Crippen molar-refractivity contribution in [2.24, 2.45) is 11.8 Å². The van der Waals surface area contributed by atoms with E-state index in [9.17, 15) is 9.59 Å². The standard InChI is InChI=1S/C16H20N2O3/c1-11-9-12(11)10-21-16(20)14-6-4-8-18(14)15(19)13-5-2-3-7-17-13/h2-3,5,7,11-12,14H,4,6,8-10H2,1H3/t11-,12+,14+/m1/s1. The Morgan fingerprint density at radius 1 is 1.43 bits per heavy atom. The molecule has 0 aromatic carbocycles. The number of hydrogen-bond acceptors (Lipinski definition) is 4. The molecule has 1 aromatic heterocycles. The molecule has 0 radical (unpaired) electrons. The summed E-state index contributed by atoms with van der Waals surface area (Å²) in [5.74, 6) is 0.716. The number of carbonyl (C=O) groups excluding carboxylic acids is 2. The minimum absolute atomic E-state index is 0.185. The van der Waals surface area contributed by atoms with Gasteiger partial charge in [-0.3, -0.25) is 9.78 Å². The average molecular weight is 288 g/mol. The molecule has 0 spiro atoms. The van der Waals surface area contributed by atoms with Crippen molar-refractivity contribution in [3.63, 3.8) is 0 Å². The summed E-state index contributed by atoms with van der Waals surface area (Å²) in [5, 5.41) is 0. The second-order valence-corrected chi connectivity index (χ2v) is 5.97. The van der Waals surface area contributed by atoms with Crippen molar-refractivity contribution in [3.8, 4) is 0 Å². The van der Waals surface area contributed by atoms with Crippen LogP contribution < -0.4 is 0 Å². The molecular weight excluding hydrogens is 268 g/mol. The van der Waals surface area contributed by atoms with Crippen LogP contribution in [0, 0.1) is 11.8 Å². The molecule has 21 heavy (non-hydrogen) atoms. The van der Waals surface area contributed by atoms with E-state index in [2.05, 4.69) is 11.9 Å². The highest BCUT2D eigenvalue weighted by atomic mass is 16.5. The van der Waals surface area contributed by atoms with Crippen molar-refractivity contribution < 1.29 is 14.3 Å². The van der Waals surface area contributed by atoms with Gasteiger partial charge in [0.05, 0.1) is 6.61 Å². The van der Waals surface area contributed by atoms with Crippen LogP contribution in [-0.4, -0.2) is 41.0 Å². The Hall–Kier alpha value is -1.91. The number of nitrogens with zero attached hydrogens (tertiary/aromatic N) is 2. The third-order valence-corrected chi connectivity index (χ3v) is 4.39. The van der Waals surface area contributed by atoms with Gasteiger partial charge in [0.1, 0.15) is 11.7 Å². The number of aromatic nitrogens is 1. The van der Waals surface area contributed by atoms with Crippen LogP contribution in [0.25, 0.3) is 0 Å². The van der Waals surface area contributed by atoms with Crippen LogP contribution in [0.1, 0.15) is 36.7 Å². The summed E-state index contributed by atoms with van der Waals surface area (Å²) in [6, 6.07) is 4.77. The third-order valence-electron chi connectivity index (χ3n) is 4.39. The highest BCUT2D eigenvalue weighted by Gasteiger charge is 2.38. The number of hydrogen-bond donors (Lipinski definition) is 0. The first-order chi connectivity index (χ1) is 10.2. The first kappa shape index (κ1) is 14.0. The lowest BCUT2D eigenvalue weighted by atomic mass is 10.2. The molecule has 2 fully saturated rings. The van der Waals surface area contributed by atoms with Crippen LogP contribution in [0.3, 0.4) is 0 Å². The van der Waals surface area contributed by atoms with E-state index in [4.69, 9.17) is 4.74 Å². The number of amides is 1. The van der Waals surface area contributed by atoms with Gasteiger partial charge in [-0.25, -0.2) is 4.79 Å². The van der Waals surface area contributed by atoms with E-state index < -0.39 is 6.04 Å². The molecule has 3 rings (SSSR count). The number of carbonyl (C=O) groups is 2. The number of esters is 1. The van der Waals surface area contributed by atoms with Crippen molar-refractivity contribution in [3.05, 3.63) is 30.1 Å². The summed E-state index contributed by atoms with van der Waals surface area (Å²) in [7, 11) is 0. The predicted octanol–water partition coefficient (Wildman–Crippen LogP) is 1.89. The Kier molecular flexibility index (Phi) is 3.90. The number of pyridine rings is 1. The summed E-state index contributed by atoms with van der Waals surface area (Å²) in [4.78, 5) is 30.3. The zero-order valence-corrected chi connectivity index (χ0v) is 12.2. The molecule has 0 unspecified atom stereocenters. The summed E-state index contributed by atoms with van der Waals surface area (Å²) in [6.07, 6.45) is 4.23. The van der Waals surface area contributed by atoms with Crippen LogP contribution in [-0.2, 0) is 9.53 Å². The van der Waals surface area contributed by atoms with Crippen LogP contribution >= 0.6 is 0 Å². The minimum Gasteiger partial charge on any atom is -0.464 e. The second-order valence-electron chi connectivity index (χ2n) is 5.97. The van der Waals surface area contributed by atoms with Crippen LogP contribution in [0.5, 0.6) is 0 Å². The zero-order valence-electron chi connectivity index (χ0n) is 12.2. The molecule has 5 heteroatoms. The largest absolute Gasteiger partial charge is 0.464 e. The molecule has 1 saturated carbocycles. The normalized spacial score (nSPS) is 27.5. The minimum atomic E-state index is -0.450. The summed E-state index contributed by atoms with van der Waals surface area (Å²) in [5.41, 5.74) is 0.382. The summed E-state index contributed by atoms with van der Waals surface area (Å²) < 4.78 is 5.38. The molecular formula is C16H20N2O3. The Labute approximate surface area is 124 Å². The molecule has 1 aromatic rings. The number of rotatable bonds is 4. The van der Waals surface area contributed by atoms with Gasteiger partial charge in [0.2, 0.25) is 0 Å². The molecule has 5 nitrogen and oxygen atoms in total. The van der Waals surface area contributed by atoms with Crippen LogP contribution in [0.15, 0.2) is 24.4 Å². The van der Waals surface area contributed by atoms with Gasteiger partial charge in [0.25, 0.3) is 5.91 Å². The van der Waals surface area contributed by atoms with Gasteiger partial charge in [-0.1, -0.05) is 13.0 Å². The molecule has 112 valence electrons. The fourth-order valence-electron chi connectivity index (χ4n) is 2.81. The van der Waals surface area contributed by atoms with Crippen molar-refractivity contribution in [2.75, 3.05) is 13.2 Å². The van der Waals surface area contributed by atoms with Crippen LogP contribution in [0.2, 0.25) is 0 Å². The van der Waals surface area contributed by atoms with Gasteiger partial charge >= 0.3 is 5.97 Å². The van der Waals surface area contributed by atoms with Gasteiger partial charge in [0, 0.05) is 12.7 Å². The van der Waals surface area contributed by atoms with Gasteiger partial charge < -0.3 is 9.64 Å². The zero-order chi connectivity index (χ0) is 14.8. The van der Waals surface area contributed by atoms with Crippen LogP contribution in [0.4, 0.5) is 0 Å². The number of likely N-dealkylation sites (tertiary alicyclic amines) is 1. The van der Waals surface area contributed by atoms with Crippen molar-refractivity contribution >= 4 is 11.9 Å². The van der Waals surface area contributed by atoms with Gasteiger partial charge in [-0.2, -0.15) is 0 Å². The first-order valence-corrected chi connectivity index (χ1v) is 7.55. The lowest BCUT2D eigenvalue weighted by Gasteiger charge is -2.22. The Bertz CT molecular complexity index is 532. The summed E-state index contributed by atoms with van der Waals surface area (Å²) >= 11 is 0. The maximum atomic E-state index is 12.4. The highest BCUT2D eigenvalue weighted by molar-refractivity contribution is 5.95. The molecule has 2 heterocycles. The molecule has 1 aliphatic carbocycles. The molecule has 0 bridgehead atoms. The van der Waals surface area contributed by atoms with E-state index >= 15 is 0 Å². The molecule has 1 aliphatic heterocycles. The molecule has 3 atom stereocenters. The topological polar surface area (TPSA) is 59.5 Å². The maximum absolute atomic E-state index is 12.4. The van der Waals surface area contributed by atoms with Gasteiger partial charge in [-0.15, -0.1) is 0 Å². The Balaban J connectivity index is 1.62. The summed E-state index contributed by atoms with van der Waals surface area (Å²) in [6.45, 7) is 3.24. The lowest BCUT2D eigenvalue weighted by Crippen LogP contribution is -2.41. The van der Waals surface area contributed by atoms with Crippen molar-refractivity contribution in [1.29, 1.82) is 0 Å². The fourth-order valence-corrected chi connectivity index (χ4v) is 2.81. The average Bonchev–Trinajstić information content (AvgIpc) is 3.02. The van der Waals surface area contributed by atoms with E-state index in [1.165, 1.54) is 0 Å². The van der Waals surface area contributed by atoms with Gasteiger partial charge in [0.15, 0.2) is 0 Å². The maximum Gasteiger partial charge on any atom is 0.328 e. The smallest absolute Gasteiger partial charge is 0.328 e. The SMILES string of the molecule is C[C@@H]1C[C@H]1COC(=O)[C@@H]1CCCN1C(=O)c1ccccn1. The first-order valence-electron chi connectivity index (χ1n) is 7.55. The van der Waals surface area contributed by atoms with E-state index in [0.29, 0.717) is 37.1 Å². The molecule has 1 saturated heterocycles. The van der Waals surface area contributed by atoms with E-state index in [0.717, 1.165) is 12.8 Å². The fraction of sp³-hybridized carbons (Fsp3) is 0.562. The van der Waals surface area contributed by atoms with E-state index in [1.807, 2.05) is 0 Å². The third kappa shape index (κ3) is 3.06. The molecule has 2 aliphatic rings. The van der Waals surface area contributed by atoms with E-state index in [1.54, 1.807) is 29.3 Å². The Morgan fingerprint density at radius 3 is 2.90 bits per heavy atom. The predicted molar refractivity (Wildman–Crippen MR) is 76.5 cm³/mol. The van der Waals surface area contributed by atoms with Crippen molar-refractivity contribution in [2.45, 2.75) is 32.2 Å². The quantitative estimate of drug-likeness (QED) is 0.794. The van der Waals surface area contributed by atoms with Crippen molar-refractivity contribution in [1.82, 2.24) is 9.88 Å².